The Labute approximate surface area is 182 Å². The van der Waals surface area contributed by atoms with Gasteiger partial charge in [-0.05, 0) is 91.3 Å². The van der Waals surface area contributed by atoms with Gasteiger partial charge < -0.3 is 10.2 Å². The summed E-state index contributed by atoms with van der Waals surface area (Å²) in [6.07, 6.45) is 11.0. The maximum atomic E-state index is 12.8. The molecule has 0 bridgehead atoms. The second-order valence-electron chi connectivity index (χ2n) is 11.7. The number of carboxylic acids is 1. The SMILES string of the molecule is CCCC(CCC(=O)O)C1CC(=O)CC2CC[C@@H]3[C@H](CC[C@]4(C)[C@@H](O)CC[C@@H]34)[C@]21C. The number of fused-ring (bicyclic) bond motifs is 5. The summed E-state index contributed by atoms with van der Waals surface area (Å²) < 4.78 is 0. The molecule has 0 aromatic rings. The van der Waals surface area contributed by atoms with E-state index in [2.05, 4.69) is 20.8 Å². The molecule has 3 unspecified atom stereocenters. The molecule has 4 aliphatic rings. The van der Waals surface area contributed by atoms with Crippen LogP contribution in [0.25, 0.3) is 0 Å². The monoisotopic (exact) mass is 418 g/mol. The average molecular weight is 419 g/mol. The van der Waals surface area contributed by atoms with Crippen LogP contribution in [0.1, 0.15) is 97.8 Å². The Morgan fingerprint density at radius 1 is 1.07 bits per heavy atom. The van der Waals surface area contributed by atoms with Crippen LogP contribution in [0.2, 0.25) is 0 Å². The minimum absolute atomic E-state index is 0.0798. The summed E-state index contributed by atoms with van der Waals surface area (Å²) in [5, 5.41) is 20.1. The summed E-state index contributed by atoms with van der Waals surface area (Å²) in [7, 11) is 0. The lowest BCUT2D eigenvalue weighted by Gasteiger charge is -2.63. The molecule has 0 heterocycles. The van der Waals surface area contributed by atoms with E-state index in [4.69, 9.17) is 0 Å². The van der Waals surface area contributed by atoms with Gasteiger partial charge >= 0.3 is 5.97 Å². The Morgan fingerprint density at radius 3 is 2.53 bits per heavy atom. The molecule has 4 fully saturated rings. The summed E-state index contributed by atoms with van der Waals surface area (Å²) in [5.74, 6) is 2.73. The summed E-state index contributed by atoms with van der Waals surface area (Å²) in [6, 6.07) is 0. The van der Waals surface area contributed by atoms with Crippen molar-refractivity contribution in [2.75, 3.05) is 0 Å². The van der Waals surface area contributed by atoms with Crippen LogP contribution in [0.4, 0.5) is 0 Å². The van der Waals surface area contributed by atoms with Crippen molar-refractivity contribution in [3.05, 3.63) is 0 Å². The van der Waals surface area contributed by atoms with Crippen LogP contribution in [0.3, 0.4) is 0 Å². The number of carboxylic acid groups (broad SMARTS) is 1. The number of carbonyl (C=O) groups is 2. The number of carbonyl (C=O) groups excluding carboxylic acids is 1. The molecule has 0 radical (unpaired) electrons. The van der Waals surface area contributed by atoms with Gasteiger partial charge in [-0.3, -0.25) is 9.59 Å². The van der Waals surface area contributed by atoms with Crippen LogP contribution in [-0.2, 0) is 9.59 Å². The second kappa shape index (κ2) is 8.22. The van der Waals surface area contributed by atoms with Crippen LogP contribution in [-0.4, -0.2) is 28.1 Å². The van der Waals surface area contributed by atoms with Crippen LogP contribution < -0.4 is 0 Å². The van der Waals surface area contributed by atoms with Crippen molar-refractivity contribution < 1.29 is 19.8 Å². The number of ketones is 1. The molecule has 0 aromatic heterocycles. The molecule has 0 saturated heterocycles. The van der Waals surface area contributed by atoms with Crippen molar-refractivity contribution in [2.24, 2.45) is 46.3 Å². The lowest BCUT2D eigenvalue weighted by molar-refractivity contribution is -0.165. The van der Waals surface area contributed by atoms with Crippen LogP contribution in [0.15, 0.2) is 0 Å². The van der Waals surface area contributed by atoms with E-state index in [1.54, 1.807) is 0 Å². The molecule has 4 heteroatoms. The summed E-state index contributed by atoms with van der Waals surface area (Å²) in [5.41, 5.74) is 0.223. The number of hydrogen-bond acceptors (Lipinski definition) is 3. The summed E-state index contributed by atoms with van der Waals surface area (Å²) in [6.45, 7) is 7.01. The normalized spacial score (nSPS) is 46.6. The second-order valence-corrected chi connectivity index (χ2v) is 11.7. The fourth-order valence-electron chi connectivity index (χ4n) is 9.07. The molecule has 4 nitrogen and oxygen atoms in total. The highest BCUT2D eigenvalue weighted by Gasteiger charge is 2.62. The Kier molecular flexibility index (Phi) is 6.11. The topological polar surface area (TPSA) is 74.6 Å². The van der Waals surface area contributed by atoms with E-state index in [9.17, 15) is 19.8 Å². The fraction of sp³-hybridized carbons (Fsp3) is 0.923. The molecular formula is C26H42O4. The standard InChI is InChI=1S/C26H42O4/c1-4-5-16(6-11-24(29)30)22-15-18(27)14-17-7-8-19-20-9-10-23(28)25(20,2)13-12-21(19)26(17,22)3/h16-17,19-23,28H,4-15H2,1-3H3,(H,29,30)/t16?,17?,19-,20-,21-,22?,23-,25-,26-/m0/s1. The van der Waals surface area contributed by atoms with E-state index in [0.29, 0.717) is 54.1 Å². The number of hydrogen-bond donors (Lipinski definition) is 2. The van der Waals surface area contributed by atoms with E-state index in [-0.39, 0.29) is 23.4 Å². The Balaban J connectivity index is 1.66. The van der Waals surface area contributed by atoms with Crippen LogP contribution in [0, 0.1) is 46.3 Å². The van der Waals surface area contributed by atoms with E-state index in [1.807, 2.05) is 0 Å². The Bertz CT molecular complexity index is 674. The lowest BCUT2D eigenvalue weighted by atomic mass is 9.41. The van der Waals surface area contributed by atoms with Gasteiger partial charge in [-0.2, -0.15) is 0 Å². The molecule has 30 heavy (non-hydrogen) atoms. The van der Waals surface area contributed by atoms with Gasteiger partial charge in [0.1, 0.15) is 5.78 Å². The van der Waals surface area contributed by atoms with Gasteiger partial charge in [-0.25, -0.2) is 0 Å². The predicted octanol–water partition coefficient (Wildman–Crippen LogP) is 5.47. The maximum Gasteiger partial charge on any atom is 0.303 e. The minimum Gasteiger partial charge on any atom is -0.481 e. The van der Waals surface area contributed by atoms with E-state index >= 15 is 0 Å². The number of Topliss-reactive ketones (excluding diaryl/α,β-unsaturated/α-hetero) is 1. The van der Waals surface area contributed by atoms with E-state index in [1.165, 1.54) is 12.8 Å². The zero-order chi connectivity index (χ0) is 21.7. The van der Waals surface area contributed by atoms with E-state index in [0.717, 1.165) is 44.9 Å². The Hall–Kier alpha value is -0.900. The van der Waals surface area contributed by atoms with Crippen LogP contribution >= 0.6 is 0 Å². The Morgan fingerprint density at radius 2 is 1.83 bits per heavy atom. The first-order valence-electron chi connectivity index (χ1n) is 12.6. The number of rotatable bonds is 6. The van der Waals surface area contributed by atoms with Crippen molar-refractivity contribution in [3.63, 3.8) is 0 Å². The molecule has 0 aromatic carbocycles. The van der Waals surface area contributed by atoms with Crippen molar-refractivity contribution in [1.82, 2.24) is 0 Å². The summed E-state index contributed by atoms with van der Waals surface area (Å²) >= 11 is 0. The lowest BCUT2D eigenvalue weighted by Crippen LogP contribution is -2.58. The first-order valence-corrected chi connectivity index (χ1v) is 12.6. The highest BCUT2D eigenvalue weighted by molar-refractivity contribution is 5.80. The quantitative estimate of drug-likeness (QED) is 0.600. The molecule has 4 rings (SSSR count). The molecule has 0 aliphatic heterocycles. The minimum atomic E-state index is -0.713. The molecule has 0 amide bonds. The first-order chi connectivity index (χ1) is 14.2. The van der Waals surface area contributed by atoms with Gasteiger partial charge in [0.15, 0.2) is 0 Å². The third kappa shape index (κ3) is 3.45. The fourth-order valence-corrected chi connectivity index (χ4v) is 9.07. The van der Waals surface area contributed by atoms with Gasteiger partial charge in [0, 0.05) is 19.3 Å². The molecule has 0 spiro atoms. The molecular weight excluding hydrogens is 376 g/mol. The predicted molar refractivity (Wildman–Crippen MR) is 117 cm³/mol. The van der Waals surface area contributed by atoms with Crippen LogP contribution in [0.5, 0.6) is 0 Å². The number of aliphatic hydroxyl groups excluding tert-OH is 1. The van der Waals surface area contributed by atoms with Crippen molar-refractivity contribution in [1.29, 1.82) is 0 Å². The largest absolute Gasteiger partial charge is 0.481 e. The number of aliphatic hydroxyl groups is 1. The third-order valence-electron chi connectivity index (χ3n) is 10.6. The van der Waals surface area contributed by atoms with Gasteiger partial charge in [-0.15, -0.1) is 0 Å². The molecule has 9 atom stereocenters. The van der Waals surface area contributed by atoms with Gasteiger partial charge in [0.05, 0.1) is 6.10 Å². The molecule has 4 aliphatic carbocycles. The zero-order valence-electron chi connectivity index (χ0n) is 19.2. The smallest absolute Gasteiger partial charge is 0.303 e. The van der Waals surface area contributed by atoms with Crippen molar-refractivity contribution >= 4 is 11.8 Å². The van der Waals surface area contributed by atoms with E-state index < -0.39 is 5.97 Å². The highest BCUT2D eigenvalue weighted by Crippen LogP contribution is 2.68. The van der Waals surface area contributed by atoms with Crippen molar-refractivity contribution in [3.8, 4) is 0 Å². The maximum absolute atomic E-state index is 12.8. The summed E-state index contributed by atoms with van der Waals surface area (Å²) in [4.78, 5) is 24.2. The molecule has 4 saturated carbocycles. The first kappa shape index (κ1) is 22.3. The average Bonchev–Trinajstić information content (AvgIpc) is 3.00. The zero-order valence-corrected chi connectivity index (χ0v) is 19.2. The van der Waals surface area contributed by atoms with Gasteiger partial charge in [0.25, 0.3) is 0 Å². The third-order valence-corrected chi connectivity index (χ3v) is 10.6. The van der Waals surface area contributed by atoms with Gasteiger partial charge in [-0.1, -0.05) is 33.6 Å². The van der Waals surface area contributed by atoms with Crippen molar-refractivity contribution in [2.45, 2.75) is 104 Å². The van der Waals surface area contributed by atoms with Gasteiger partial charge in [0.2, 0.25) is 0 Å². The molecule has 2 N–H and O–H groups in total. The molecule has 170 valence electrons. The number of aliphatic carboxylic acids is 1. The highest BCUT2D eigenvalue weighted by atomic mass is 16.4.